The zero-order valence-electron chi connectivity index (χ0n) is 20.8. The van der Waals surface area contributed by atoms with Gasteiger partial charge in [-0.15, -0.1) is 0 Å². The van der Waals surface area contributed by atoms with Gasteiger partial charge in [-0.25, -0.2) is 18.4 Å². The van der Waals surface area contributed by atoms with Gasteiger partial charge in [0.05, 0.1) is 24.3 Å². The number of nitrogens with zero attached hydrogens (tertiary/aromatic N) is 5. The Labute approximate surface area is 209 Å². The third kappa shape index (κ3) is 4.59. The second kappa shape index (κ2) is 9.61. The summed E-state index contributed by atoms with van der Waals surface area (Å²) in [6.45, 7) is 6.32. The standard InChI is InChI=1S/C27H32F2N6O/c1-17-4-6-22(10-18(17)2)33-23-7-9-26-20(11-23)13-31-35(26)19(3)27(36,14-34-16-30-15-32-34)24-8-5-21(28)12-25(24)29/h5,7-9,11-13,15-19,22,33,36H,4,6,10,14H2,1-3H3/t17?,18?,19-,22?,27-/m1/s1. The van der Waals surface area contributed by atoms with E-state index in [0.29, 0.717) is 12.0 Å². The Kier molecular flexibility index (Phi) is 6.51. The van der Waals surface area contributed by atoms with Crippen molar-refractivity contribution in [2.75, 3.05) is 5.32 Å². The van der Waals surface area contributed by atoms with Crippen LogP contribution in [0.4, 0.5) is 14.5 Å². The van der Waals surface area contributed by atoms with Gasteiger partial charge in [-0.05, 0) is 62.3 Å². The van der Waals surface area contributed by atoms with Crippen LogP contribution < -0.4 is 5.32 Å². The highest BCUT2D eigenvalue weighted by Crippen LogP contribution is 2.38. The van der Waals surface area contributed by atoms with E-state index in [-0.39, 0.29) is 12.1 Å². The molecule has 190 valence electrons. The summed E-state index contributed by atoms with van der Waals surface area (Å²) in [5.41, 5.74) is 0.0210. The smallest absolute Gasteiger partial charge is 0.137 e. The number of halogens is 2. The first-order valence-corrected chi connectivity index (χ1v) is 12.5. The molecule has 2 aromatic heterocycles. The minimum Gasteiger partial charge on any atom is -0.382 e. The van der Waals surface area contributed by atoms with Crippen LogP contribution in [0.1, 0.15) is 51.6 Å². The van der Waals surface area contributed by atoms with Crippen LogP contribution in [0.2, 0.25) is 0 Å². The highest BCUT2D eigenvalue weighted by molar-refractivity contribution is 5.82. The predicted octanol–water partition coefficient (Wildman–Crippen LogP) is 5.29. The maximum Gasteiger partial charge on any atom is 0.137 e. The maximum atomic E-state index is 14.9. The van der Waals surface area contributed by atoms with Crippen molar-refractivity contribution in [1.29, 1.82) is 0 Å². The minimum absolute atomic E-state index is 0.0329. The molecule has 0 radical (unpaired) electrons. The molecular formula is C27H32F2N6O. The number of rotatable bonds is 7. The first-order valence-electron chi connectivity index (χ1n) is 12.5. The van der Waals surface area contributed by atoms with E-state index in [1.54, 1.807) is 17.8 Å². The lowest BCUT2D eigenvalue weighted by molar-refractivity contribution is -0.0354. The number of aromatic nitrogens is 5. The summed E-state index contributed by atoms with van der Waals surface area (Å²) in [5.74, 6) is -0.0904. The Hall–Kier alpha value is -3.33. The summed E-state index contributed by atoms with van der Waals surface area (Å²) < 4.78 is 31.7. The minimum atomic E-state index is -1.78. The van der Waals surface area contributed by atoms with Crippen molar-refractivity contribution < 1.29 is 13.9 Å². The highest BCUT2D eigenvalue weighted by atomic mass is 19.1. The van der Waals surface area contributed by atoms with Gasteiger partial charge in [0, 0.05) is 28.7 Å². The molecule has 1 fully saturated rings. The lowest BCUT2D eigenvalue weighted by atomic mass is 9.79. The molecule has 0 spiro atoms. The third-order valence-electron chi connectivity index (χ3n) is 7.89. The summed E-state index contributed by atoms with van der Waals surface area (Å²) in [4.78, 5) is 3.93. The van der Waals surface area contributed by atoms with Gasteiger partial charge in [0.25, 0.3) is 0 Å². The molecule has 1 saturated carbocycles. The molecule has 0 bridgehead atoms. The Morgan fingerprint density at radius 1 is 1.11 bits per heavy atom. The van der Waals surface area contributed by atoms with Gasteiger partial charge in [0.15, 0.2) is 0 Å². The maximum absolute atomic E-state index is 14.9. The quantitative estimate of drug-likeness (QED) is 0.365. The number of nitrogens with one attached hydrogen (secondary N) is 1. The van der Waals surface area contributed by atoms with E-state index in [1.165, 1.54) is 29.8 Å². The molecule has 2 aromatic carbocycles. The number of hydrogen-bond acceptors (Lipinski definition) is 5. The molecule has 5 rings (SSSR count). The molecule has 1 aliphatic carbocycles. The summed E-state index contributed by atoms with van der Waals surface area (Å²) >= 11 is 0. The van der Waals surface area contributed by atoms with Gasteiger partial charge < -0.3 is 10.4 Å². The van der Waals surface area contributed by atoms with E-state index >= 15 is 0 Å². The van der Waals surface area contributed by atoms with E-state index in [9.17, 15) is 13.9 Å². The molecule has 0 saturated heterocycles. The first-order chi connectivity index (χ1) is 17.2. The molecule has 9 heteroatoms. The van der Waals surface area contributed by atoms with Crippen molar-refractivity contribution >= 4 is 16.6 Å². The van der Waals surface area contributed by atoms with Gasteiger partial charge >= 0.3 is 0 Å². The van der Waals surface area contributed by atoms with Crippen molar-refractivity contribution in [1.82, 2.24) is 24.5 Å². The SMILES string of the molecule is CC1CCC(Nc2ccc3c(cnn3[C@H](C)[C@](O)(Cn3cncn3)c3ccc(F)cc3F)c2)CC1C. The van der Waals surface area contributed by atoms with Crippen molar-refractivity contribution in [2.45, 2.75) is 64.3 Å². The monoisotopic (exact) mass is 494 g/mol. The van der Waals surface area contributed by atoms with E-state index in [1.807, 2.05) is 12.1 Å². The second-order valence-electron chi connectivity index (χ2n) is 10.3. The second-order valence-corrected chi connectivity index (χ2v) is 10.3. The molecule has 1 aliphatic rings. The van der Waals surface area contributed by atoms with Gasteiger partial charge in [-0.3, -0.25) is 4.68 Å². The molecule has 7 nitrogen and oxygen atoms in total. The zero-order chi connectivity index (χ0) is 25.4. The van der Waals surface area contributed by atoms with Crippen LogP contribution in [0, 0.1) is 23.5 Å². The van der Waals surface area contributed by atoms with Crippen LogP contribution in [0.15, 0.2) is 55.2 Å². The van der Waals surface area contributed by atoms with Crippen LogP contribution in [0.25, 0.3) is 10.9 Å². The van der Waals surface area contributed by atoms with Crippen LogP contribution in [0.3, 0.4) is 0 Å². The molecule has 0 amide bonds. The van der Waals surface area contributed by atoms with Gasteiger partial charge in [-0.1, -0.05) is 19.9 Å². The largest absolute Gasteiger partial charge is 0.382 e. The normalized spacial score (nSPS) is 22.9. The first kappa shape index (κ1) is 24.4. The summed E-state index contributed by atoms with van der Waals surface area (Å²) in [7, 11) is 0. The average Bonchev–Trinajstić information content (AvgIpc) is 3.50. The van der Waals surface area contributed by atoms with E-state index in [0.717, 1.165) is 47.5 Å². The summed E-state index contributed by atoms with van der Waals surface area (Å²) in [5, 5.41) is 25.1. The van der Waals surface area contributed by atoms with E-state index in [4.69, 9.17) is 0 Å². The fraction of sp³-hybridized carbons (Fsp3) is 0.444. The Balaban J connectivity index is 1.46. The third-order valence-corrected chi connectivity index (χ3v) is 7.89. The molecule has 36 heavy (non-hydrogen) atoms. The van der Waals surface area contributed by atoms with Crippen LogP contribution >= 0.6 is 0 Å². The van der Waals surface area contributed by atoms with Crippen molar-refractivity contribution in [2.24, 2.45) is 11.8 Å². The Morgan fingerprint density at radius 3 is 2.67 bits per heavy atom. The molecular weight excluding hydrogens is 462 g/mol. The van der Waals surface area contributed by atoms with Crippen LogP contribution in [0.5, 0.6) is 0 Å². The van der Waals surface area contributed by atoms with Crippen molar-refractivity contribution in [3.05, 3.63) is 72.4 Å². The number of fused-ring (bicyclic) bond motifs is 1. The Morgan fingerprint density at radius 2 is 1.94 bits per heavy atom. The average molecular weight is 495 g/mol. The molecule has 5 atom stereocenters. The van der Waals surface area contributed by atoms with E-state index < -0.39 is 23.3 Å². The van der Waals surface area contributed by atoms with Crippen LogP contribution in [-0.4, -0.2) is 35.7 Å². The number of aliphatic hydroxyl groups is 1. The molecule has 0 aliphatic heterocycles. The Bertz CT molecular complexity index is 1340. The predicted molar refractivity (Wildman–Crippen MR) is 134 cm³/mol. The molecule has 2 N–H and O–H groups in total. The van der Waals surface area contributed by atoms with Gasteiger partial charge in [-0.2, -0.15) is 10.2 Å². The zero-order valence-corrected chi connectivity index (χ0v) is 20.8. The fourth-order valence-corrected chi connectivity index (χ4v) is 5.41. The van der Waals surface area contributed by atoms with Crippen LogP contribution in [-0.2, 0) is 12.1 Å². The number of benzene rings is 2. The lowest BCUT2D eigenvalue weighted by Gasteiger charge is -2.35. The number of hydrogen-bond donors (Lipinski definition) is 2. The summed E-state index contributed by atoms with van der Waals surface area (Å²) in [6, 6.07) is 8.97. The van der Waals surface area contributed by atoms with Crippen molar-refractivity contribution in [3.63, 3.8) is 0 Å². The summed E-state index contributed by atoms with van der Waals surface area (Å²) in [6.07, 6.45) is 8.07. The molecule has 2 heterocycles. The molecule has 3 unspecified atom stereocenters. The topological polar surface area (TPSA) is 80.8 Å². The van der Waals surface area contributed by atoms with Gasteiger partial charge in [0.1, 0.15) is 29.9 Å². The number of anilines is 1. The lowest BCUT2D eigenvalue weighted by Crippen LogP contribution is -2.41. The van der Waals surface area contributed by atoms with E-state index in [2.05, 4.69) is 40.4 Å². The highest BCUT2D eigenvalue weighted by Gasteiger charge is 2.41. The van der Waals surface area contributed by atoms with Crippen molar-refractivity contribution in [3.8, 4) is 0 Å². The molecule has 4 aromatic rings. The van der Waals surface area contributed by atoms with Gasteiger partial charge in [0.2, 0.25) is 0 Å². The fourth-order valence-electron chi connectivity index (χ4n) is 5.41.